The van der Waals surface area contributed by atoms with Crippen molar-refractivity contribution in [1.82, 2.24) is 0 Å². The van der Waals surface area contributed by atoms with Crippen molar-refractivity contribution in [2.75, 3.05) is 4.90 Å². The Balaban J connectivity index is 1.09. The Morgan fingerprint density at radius 3 is 1.61 bits per heavy atom. The van der Waals surface area contributed by atoms with Gasteiger partial charge in [0.05, 0.1) is 5.69 Å². The van der Waals surface area contributed by atoms with E-state index >= 15 is 0 Å². The van der Waals surface area contributed by atoms with Crippen molar-refractivity contribution in [3.05, 3.63) is 200 Å². The van der Waals surface area contributed by atoms with E-state index in [1.165, 1.54) is 91.2 Å². The molecular formula is C52H33NS. The zero-order chi connectivity index (χ0) is 35.6. The molecule has 2 heteroatoms. The van der Waals surface area contributed by atoms with Crippen molar-refractivity contribution in [2.45, 2.75) is 0 Å². The van der Waals surface area contributed by atoms with Crippen molar-refractivity contribution >= 4 is 91.7 Å². The molecular weight excluding hydrogens is 671 g/mol. The summed E-state index contributed by atoms with van der Waals surface area (Å²) < 4.78 is 2.59. The fourth-order valence-electron chi connectivity index (χ4n) is 8.53. The highest BCUT2D eigenvalue weighted by Crippen LogP contribution is 2.46. The average molecular weight is 704 g/mol. The minimum absolute atomic E-state index is 1.12. The number of benzene rings is 10. The van der Waals surface area contributed by atoms with Crippen LogP contribution in [0, 0.1) is 0 Å². The van der Waals surface area contributed by atoms with E-state index in [-0.39, 0.29) is 0 Å². The van der Waals surface area contributed by atoms with E-state index in [9.17, 15) is 0 Å². The molecule has 252 valence electrons. The predicted octanol–water partition coefficient (Wildman–Crippen LogP) is 15.5. The Morgan fingerprint density at radius 1 is 0.315 bits per heavy atom. The maximum atomic E-state index is 2.43. The molecule has 0 saturated heterocycles. The molecule has 0 amide bonds. The maximum absolute atomic E-state index is 2.43. The lowest BCUT2D eigenvalue weighted by Gasteiger charge is -2.27. The third kappa shape index (κ3) is 4.92. The van der Waals surface area contributed by atoms with E-state index in [2.05, 4.69) is 205 Å². The van der Waals surface area contributed by atoms with Crippen molar-refractivity contribution in [3.8, 4) is 22.3 Å². The van der Waals surface area contributed by atoms with E-state index in [0.717, 1.165) is 11.4 Å². The van der Waals surface area contributed by atoms with Gasteiger partial charge in [0.25, 0.3) is 0 Å². The van der Waals surface area contributed by atoms with E-state index in [1.807, 2.05) is 11.3 Å². The molecule has 0 N–H and O–H groups in total. The topological polar surface area (TPSA) is 3.24 Å². The summed E-state index contributed by atoms with van der Waals surface area (Å²) >= 11 is 1.86. The summed E-state index contributed by atoms with van der Waals surface area (Å²) in [7, 11) is 0. The molecule has 0 aliphatic rings. The van der Waals surface area contributed by atoms with Gasteiger partial charge in [-0.3, -0.25) is 0 Å². The molecule has 0 saturated carbocycles. The molecule has 11 aromatic rings. The zero-order valence-corrected chi connectivity index (χ0v) is 30.2. The first-order chi connectivity index (χ1) is 26.8. The SMILES string of the molecule is c1ccc2c(-c3ccc(N(c4ccc(-c5cc6c7ccccc7ccc6c6ccccc56)cc4)c4cccc5sc6ccccc6c45)cc3)cccc2c1. The lowest BCUT2D eigenvalue weighted by atomic mass is 9.91. The lowest BCUT2D eigenvalue weighted by Crippen LogP contribution is -2.10. The summed E-state index contributed by atoms with van der Waals surface area (Å²) in [4.78, 5) is 2.43. The standard InChI is InChI=1S/C52H33NS/c1-3-14-40-34(11-1)13-9-19-41(40)36-23-28-38(29-24-36)53(49-20-10-22-51-52(49)46-18-7-8-21-50(46)54-51)39-30-25-37(26-31-39)47-33-48-42-15-4-2-12-35(42)27-32-45(48)43-16-5-6-17-44(43)47/h1-33H. The van der Waals surface area contributed by atoms with Gasteiger partial charge < -0.3 is 4.90 Å². The van der Waals surface area contributed by atoms with Crippen molar-refractivity contribution in [3.63, 3.8) is 0 Å². The number of hydrogen-bond donors (Lipinski definition) is 0. The fraction of sp³-hybridized carbons (Fsp3) is 0. The van der Waals surface area contributed by atoms with Crippen molar-refractivity contribution < 1.29 is 0 Å². The number of thiophene rings is 1. The van der Waals surface area contributed by atoms with Crippen LogP contribution in [0.3, 0.4) is 0 Å². The second-order valence-electron chi connectivity index (χ2n) is 14.1. The van der Waals surface area contributed by atoms with Crippen molar-refractivity contribution in [1.29, 1.82) is 0 Å². The Labute approximate surface area is 317 Å². The highest BCUT2D eigenvalue weighted by molar-refractivity contribution is 7.26. The molecule has 0 radical (unpaired) electrons. The quantitative estimate of drug-likeness (QED) is 0.161. The average Bonchev–Trinajstić information content (AvgIpc) is 3.63. The number of hydrogen-bond acceptors (Lipinski definition) is 2. The van der Waals surface area contributed by atoms with Crippen LogP contribution in [0.1, 0.15) is 0 Å². The van der Waals surface area contributed by atoms with Gasteiger partial charge in [-0.1, -0.05) is 152 Å². The first-order valence-corrected chi connectivity index (χ1v) is 19.3. The molecule has 0 aliphatic carbocycles. The molecule has 1 aromatic heterocycles. The van der Waals surface area contributed by atoms with E-state index in [1.54, 1.807) is 0 Å². The minimum Gasteiger partial charge on any atom is -0.310 e. The second-order valence-corrected chi connectivity index (χ2v) is 15.1. The predicted molar refractivity (Wildman–Crippen MR) is 235 cm³/mol. The van der Waals surface area contributed by atoms with E-state index < -0.39 is 0 Å². The summed E-state index contributed by atoms with van der Waals surface area (Å²) in [6.45, 7) is 0. The van der Waals surface area contributed by atoms with Gasteiger partial charge in [0, 0.05) is 31.5 Å². The molecule has 0 spiro atoms. The highest BCUT2D eigenvalue weighted by Gasteiger charge is 2.19. The normalized spacial score (nSPS) is 11.7. The first-order valence-electron chi connectivity index (χ1n) is 18.5. The highest BCUT2D eigenvalue weighted by atomic mass is 32.1. The lowest BCUT2D eigenvalue weighted by molar-refractivity contribution is 1.30. The van der Waals surface area contributed by atoms with Crippen LogP contribution >= 0.6 is 11.3 Å². The second kappa shape index (κ2) is 12.4. The zero-order valence-electron chi connectivity index (χ0n) is 29.4. The molecule has 0 fully saturated rings. The molecule has 1 heterocycles. The Kier molecular flexibility index (Phi) is 7.11. The largest absolute Gasteiger partial charge is 0.310 e. The molecule has 0 aliphatic heterocycles. The number of nitrogens with zero attached hydrogens (tertiary/aromatic N) is 1. The van der Waals surface area contributed by atoms with Gasteiger partial charge in [0.2, 0.25) is 0 Å². The van der Waals surface area contributed by atoms with Crippen LogP contribution in [-0.4, -0.2) is 0 Å². The summed E-state index contributed by atoms with van der Waals surface area (Å²) in [5.74, 6) is 0. The number of anilines is 3. The van der Waals surface area contributed by atoms with Crippen LogP contribution < -0.4 is 4.90 Å². The van der Waals surface area contributed by atoms with Gasteiger partial charge in [-0.2, -0.15) is 0 Å². The van der Waals surface area contributed by atoms with Crippen LogP contribution in [0.25, 0.3) is 85.5 Å². The molecule has 1 nitrogen and oxygen atoms in total. The number of fused-ring (bicyclic) bond motifs is 9. The molecule has 0 bridgehead atoms. The van der Waals surface area contributed by atoms with Gasteiger partial charge in [0.1, 0.15) is 0 Å². The van der Waals surface area contributed by atoms with Crippen molar-refractivity contribution in [2.24, 2.45) is 0 Å². The fourth-order valence-corrected chi connectivity index (χ4v) is 9.65. The van der Waals surface area contributed by atoms with E-state index in [0.29, 0.717) is 0 Å². The third-order valence-electron chi connectivity index (χ3n) is 11.1. The Morgan fingerprint density at radius 2 is 0.852 bits per heavy atom. The molecule has 10 aromatic carbocycles. The minimum atomic E-state index is 1.12. The molecule has 0 unspecified atom stereocenters. The van der Waals surface area contributed by atoms with Gasteiger partial charge in [-0.05, 0) is 114 Å². The molecule has 54 heavy (non-hydrogen) atoms. The summed E-state index contributed by atoms with van der Waals surface area (Å²) in [5.41, 5.74) is 8.33. The summed E-state index contributed by atoms with van der Waals surface area (Å²) in [6.07, 6.45) is 0. The van der Waals surface area contributed by atoms with Crippen LogP contribution in [0.5, 0.6) is 0 Å². The monoisotopic (exact) mass is 703 g/mol. The van der Waals surface area contributed by atoms with E-state index in [4.69, 9.17) is 0 Å². The summed E-state index contributed by atoms with van der Waals surface area (Å²) in [6, 6.07) is 73.5. The smallest absolute Gasteiger partial charge is 0.0554 e. The van der Waals surface area contributed by atoms with Crippen LogP contribution in [0.4, 0.5) is 17.1 Å². The van der Waals surface area contributed by atoms with Gasteiger partial charge >= 0.3 is 0 Å². The molecule has 11 rings (SSSR count). The first kappa shape index (κ1) is 30.8. The molecule has 0 atom stereocenters. The third-order valence-corrected chi connectivity index (χ3v) is 12.2. The Hall–Kier alpha value is -6.74. The van der Waals surface area contributed by atoms with Crippen LogP contribution in [0.2, 0.25) is 0 Å². The Bertz CT molecular complexity index is 3200. The maximum Gasteiger partial charge on any atom is 0.0554 e. The summed E-state index contributed by atoms with van der Waals surface area (Å²) in [5, 5.41) is 12.8. The van der Waals surface area contributed by atoms with Crippen LogP contribution in [0.15, 0.2) is 200 Å². The van der Waals surface area contributed by atoms with Gasteiger partial charge in [-0.15, -0.1) is 11.3 Å². The van der Waals surface area contributed by atoms with Gasteiger partial charge in [0.15, 0.2) is 0 Å². The van der Waals surface area contributed by atoms with Crippen LogP contribution in [-0.2, 0) is 0 Å². The number of rotatable bonds is 5. The van der Waals surface area contributed by atoms with Gasteiger partial charge in [-0.25, -0.2) is 0 Å².